The van der Waals surface area contributed by atoms with Crippen LogP contribution in [0.15, 0.2) is 42.6 Å². The molecule has 0 unspecified atom stereocenters. The predicted octanol–water partition coefficient (Wildman–Crippen LogP) is 5.58. The van der Waals surface area contributed by atoms with E-state index in [1.54, 1.807) is 28.8 Å². The molecule has 4 nitrogen and oxygen atoms in total. The Morgan fingerprint density at radius 2 is 1.93 bits per heavy atom. The third-order valence-electron chi connectivity index (χ3n) is 4.48. The van der Waals surface area contributed by atoms with Gasteiger partial charge in [0.15, 0.2) is 0 Å². The number of carbonyl (C=O) groups is 1. The number of halogens is 2. The average Bonchev–Trinajstić information content (AvgIpc) is 3.02. The monoisotopic (exact) mass is 371 g/mol. The molecule has 0 aliphatic carbocycles. The number of carbonyl (C=O) groups excluding carboxylic acids is 1. The molecule has 0 bridgehead atoms. The second-order valence-corrected chi connectivity index (χ2v) is 6.57. The number of hydrogen-bond donors (Lipinski definition) is 1. The van der Waals surface area contributed by atoms with E-state index in [0.717, 1.165) is 50.3 Å². The molecule has 2 heterocycles. The summed E-state index contributed by atoms with van der Waals surface area (Å²) in [6.07, 6.45) is 7.34. The van der Waals surface area contributed by atoms with E-state index in [2.05, 4.69) is 17.2 Å². The highest BCUT2D eigenvalue weighted by Gasteiger charge is 2.19. The van der Waals surface area contributed by atoms with Crippen molar-refractivity contribution in [3.05, 3.63) is 54.2 Å². The van der Waals surface area contributed by atoms with Crippen LogP contribution in [0.3, 0.4) is 0 Å². The van der Waals surface area contributed by atoms with Gasteiger partial charge in [0, 0.05) is 18.2 Å². The molecule has 0 radical (unpaired) electrons. The fraction of sp³-hybridized carbons (Fsp3) is 0.333. The quantitative estimate of drug-likeness (QED) is 0.526. The van der Waals surface area contributed by atoms with E-state index >= 15 is 0 Å². The fourth-order valence-electron chi connectivity index (χ4n) is 3.07. The molecule has 0 spiro atoms. The Kier molecular flexibility index (Phi) is 6.16. The van der Waals surface area contributed by atoms with Crippen LogP contribution in [-0.4, -0.2) is 15.3 Å². The minimum absolute atomic E-state index is 0.0249. The van der Waals surface area contributed by atoms with E-state index < -0.39 is 11.6 Å². The molecule has 0 aliphatic heterocycles. The molecule has 27 heavy (non-hydrogen) atoms. The van der Waals surface area contributed by atoms with Gasteiger partial charge in [-0.2, -0.15) is 0 Å². The van der Waals surface area contributed by atoms with Crippen LogP contribution < -0.4 is 5.32 Å². The van der Waals surface area contributed by atoms with Gasteiger partial charge in [0.25, 0.3) is 0 Å². The Balaban J connectivity index is 1.87. The van der Waals surface area contributed by atoms with Gasteiger partial charge in [0.1, 0.15) is 28.8 Å². The van der Waals surface area contributed by atoms with Crippen molar-refractivity contribution in [3.63, 3.8) is 0 Å². The minimum atomic E-state index is -0.588. The summed E-state index contributed by atoms with van der Waals surface area (Å²) in [6, 6.07) is 8.56. The summed E-state index contributed by atoms with van der Waals surface area (Å²) < 4.78 is 29.6. The smallest absolute Gasteiger partial charge is 0.225 e. The third-order valence-corrected chi connectivity index (χ3v) is 4.48. The van der Waals surface area contributed by atoms with E-state index in [1.165, 1.54) is 0 Å². The molecular weight excluding hydrogens is 348 g/mol. The highest BCUT2D eigenvalue weighted by atomic mass is 19.1. The van der Waals surface area contributed by atoms with Crippen LogP contribution in [0.2, 0.25) is 0 Å². The Hall–Kier alpha value is -2.76. The molecule has 3 rings (SSSR count). The number of aromatic nitrogens is 2. The Bertz CT molecular complexity index is 936. The number of pyridine rings is 1. The molecule has 1 amide bonds. The Labute approximate surface area is 157 Å². The van der Waals surface area contributed by atoms with Crippen molar-refractivity contribution in [2.45, 2.75) is 45.4 Å². The van der Waals surface area contributed by atoms with Gasteiger partial charge < -0.3 is 5.32 Å². The van der Waals surface area contributed by atoms with Crippen molar-refractivity contribution in [2.75, 3.05) is 5.32 Å². The first-order valence-corrected chi connectivity index (χ1v) is 9.32. The summed E-state index contributed by atoms with van der Waals surface area (Å²) in [7, 11) is 0. The number of imidazole rings is 1. The van der Waals surface area contributed by atoms with Gasteiger partial charge in [-0.3, -0.25) is 9.20 Å². The summed E-state index contributed by atoms with van der Waals surface area (Å²) in [5.41, 5.74) is 0.795. The van der Waals surface area contributed by atoms with E-state index in [1.807, 2.05) is 0 Å². The molecule has 0 aliphatic rings. The maximum Gasteiger partial charge on any atom is 0.225 e. The van der Waals surface area contributed by atoms with Gasteiger partial charge in [0.2, 0.25) is 5.91 Å². The second-order valence-electron chi connectivity index (χ2n) is 6.57. The van der Waals surface area contributed by atoms with Crippen LogP contribution >= 0.6 is 0 Å². The van der Waals surface area contributed by atoms with Crippen LogP contribution in [0.1, 0.15) is 45.4 Å². The van der Waals surface area contributed by atoms with Gasteiger partial charge in [0.05, 0.1) is 0 Å². The fourth-order valence-corrected chi connectivity index (χ4v) is 3.07. The third kappa shape index (κ3) is 4.51. The van der Waals surface area contributed by atoms with E-state index in [0.29, 0.717) is 17.9 Å². The zero-order valence-electron chi connectivity index (χ0n) is 15.3. The summed E-state index contributed by atoms with van der Waals surface area (Å²) in [6.45, 7) is 2.14. The number of benzene rings is 1. The van der Waals surface area contributed by atoms with Crippen LogP contribution in [0.5, 0.6) is 0 Å². The van der Waals surface area contributed by atoms with Crippen molar-refractivity contribution in [2.24, 2.45) is 0 Å². The van der Waals surface area contributed by atoms with Crippen molar-refractivity contribution >= 4 is 17.4 Å². The first kappa shape index (κ1) is 19.0. The zero-order chi connectivity index (χ0) is 19.2. The molecule has 6 heteroatoms. The number of unbranched alkanes of at least 4 members (excludes halogenated alkanes) is 4. The van der Waals surface area contributed by atoms with Crippen molar-refractivity contribution in [1.29, 1.82) is 0 Å². The van der Waals surface area contributed by atoms with Gasteiger partial charge in [-0.1, -0.05) is 38.7 Å². The summed E-state index contributed by atoms with van der Waals surface area (Å²) in [5.74, 6) is -0.949. The van der Waals surface area contributed by atoms with Crippen LogP contribution in [-0.2, 0) is 4.79 Å². The van der Waals surface area contributed by atoms with Gasteiger partial charge in [-0.05, 0) is 36.8 Å². The molecule has 0 saturated carbocycles. The Morgan fingerprint density at radius 1 is 1.11 bits per heavy atom. The Morgan fingerprint density at radius 3 is 2.74 bits per heavy atom. The predicted molar refractivity (Wildman–Crippen MR) is 103 cm³/mol. The average molecular weight is 371 g/mol. The minimum Gasteiger partial charge on any atom is -0.310 e. The zero-order valence-corrected chi connectivity index (χ0v) is 15.3. The van der Waals surface area contributed by atoms with E-state index in [9.17, 15) is 13.6 Å². The highest BCUT2D eigenvalue weighted by molar-refractivity contribution is 5.94. The highest BCUT2D eigenvalue weighted by Crippen LogP contribution is 2.31. The van der Waals surface area contributed by atoms with Crippen molar-refractivity contribution in [1.82, 2.24) is 9.38 Å². The lowest BCUT2D eigenvalue weighted by molar-refractivity contribution is -0.116. The van der Waals surface area contributed by atoms with Gasteiger partial charge in [-0.25, -0.2) is 13.8 Å². The molecule has 0 atom stereocenters. The summed E-state index contributed by atoms with van der Waals surface area (Å²) in [4.78, 5) is 16.8. The van der Waals surface area contributed by atoms with E-state index in [4.69, 9.17) is 0 Å². The van der Waals surface area contributed by atoms with Crippen LogP contribution in [0.25, 0.3) is 16.9 Å². The lowest BCUT2D eigenvalue weighted by atomic mass is 10.1. The normalized spacial score (nSPS) is 11.1. The molecule has 142 valence electrons. The number of anilines is 1. The topological polar surface area (TPSA) is 46.4 Å². The maximum absolute atomic E-state index is 14.3. The largest absolute Gasteiger partial charge is 0.310 e. The molecular formula is C21H23F2N3O. The molecule has 1 N–H and O–H groups in total. The molecule has 3 aromatic rings. The summed E-state index contributed by atoms with van der Waals surface area (Å²) >= 11 is 0. The molecule has 0 saturated heterocycles. The molecule has 0 fully saturated rings. The lowest BCUT2D eigenvalue weighted by Gasteiger charge is -2.08. The maximum atomic E-state index is 14.3. The lowest BCUT2D eigenvalue weighted by Crippen LogP contribution is -2.13. The second kappa shape index (κ2) is 8.75. The van der Waals surface area contributed by atoms with Gasteiger partial charge >= 0.3 is 0 Å². The number of fused-ring (bicyclic) bond motifs is 1. The number of rotatable bonds is 8. The van der Waals surface area contributed by atoms with Crippen molar-refractivity contribution in [3.8, 4) is 11.3 Å². The molecule has 2 aromatic heterocycles. The molecule has 1 aromatic carbocycles. The number of nitrogens with zero attached hydrogens (tertiary/aromatic N) is 2. The standard InChI is InChI=1S/C21H23F2N3O/c1-2-3-4-5-6-10-19(27)25-21-20(16-14-15(22)11-12-17(16)23)24-18-9-7-8-13-26(18)21/h7-9,11-14H,2-6,10H2,1H3,(H,25,27). The van der Waals surface area contributed by atoms with Gasteiger partial charge in [-0.15, -0.1) is 0 Å². The first-order valence-electron chi connectivity index (χ1n) is 9.32. The number of amides is 1. The van der Waals surface area contributed by atoms with Crippen LogP contribution in [0.4, 0.5) is 14.6 Å². The number of nitrogens with one attached hydrogen (secondary N) is 1. The summed E-state index contributed by atoms with van der Waals surface area (Å²) in [5, 5.41) is 2.84. The van der Waals surface area contributed by atoms with Crippen LogP contribution in [0, 0.1) is 11.6 Å². The number of hydrogen-bond acceptors (Lipinski definition) is 2. The SMILES string of the molecule is CCCCCCCC(=O)Nc1c(-c2cc(F)ccc2F)nc2ccccn12. The first-order chi connectivity index (χ1) is 13.1. The van der Waals surface area contributed by atoms with Crippen molar-refractivity contribution < 1.29 is 13.6 Å². The van der Waals surface area contributed by atoms with E-state index in [-0.39, 0.29) is 17.2 Å².